The number of aliphatic hydroxyl groups excluding tert-OH is 2. The number of rotatable bonds is 30. The van der Waals surface area contributed by atoms with Crippen molar-refractivity contribution in [3.05, 3.63) is 0 Å². The SMILES string of the molecule is CC(C)C[C@H](NC(=O)[C@H](C)NC(=O)[C@@H]1CCCN1C(=O)[C@H](CO)NC(=O)[C@H](CCCN=C(N)N)NC(=O)[C@H](CCC(=O)O)NC(=O)[C@H](CCCN=C(N)N)NC(=O)[C@@H]1CCCN1C(=O)[C@@H](N)CO)C(=O)O. The molecule has 0 aromatic carbocycles. The number of carbonyl (C=O) groups excluding carboxylic acids is 8. The lowest BCUT2D eigenvalue weighted by Crippen LogP contribution is -2.60. The van der Waals surface area contributed by atoms with E-state index in [0.717, 1.165) is 4.90 Å². The average molecular weight is 1010 g/mol. The maximum Gasteiger partial charge on any atom is 0.326 e. The number of likely N-dealkylation sites (tertiary alicyclic amines) is 2. The van der Waals surface area contributed by atoms with Gasteiger partial charge in [-0.3, -0.25) is 53.1 Å². The number of carbonyl (C=O) groups is 10. The lowest BCUT2D eigenvalue weighted by molar-refractivity contribution is -0.144. The highest BCUT2D eigenvalue weighted by atomic mass is 16.4. The second kappa shape index (κ2) is 30.0. The average Bonchev–Trinajstić information content (AvgIpc) is 4.01. The minimum Gasteiger partial charge on any atom is -0.481 e. The van der Waals surface area contributed by atoms with E-state index in [1.165, 1.54) is 11.8 Å². The third-order valence-electron chi connectivity index (χ3n) is 11.5. The molecule has 2 aliphatic rings. The minimum absolute atomic E-state index is 0.00757. The molecule has 2 aliphatic heterocycles. The molecule has 0 radical (unpaired) electrons. The monoisotopic (exact) mass is 1010 g/mol. The third kappa shape index (κ3) is 20.2. The van der Waals surface area contributed by atoms with Gasteiger partial charge in [0.2, 0.25) is 47.3 Å². The lowest BCUT2D eigenvalue weighted by atomic mass is 10.0. The van der Waals surface area contributed by atoms with E-state index < -0.39 is 140 Å². The summed E-state index contributed by atoms with van der Waals surface area (Å²) in [5, 5.41) is 53.6. The van der Waals surface area contributed by atoms with Crippen LogP contribution in [0.15, 0.2) is 9.98 Å². The van der Waals surface area contributed by atoms with Crippen LogP contribution < -0.4 is 60.6 Å². The van der Waals surface area contributed by atoms with Gasteiger partial charge in [0.15, 0.2) is 11.9 Å². The Morgan fingerprint density at radius 2 is 1.01 bits per heavy atom. The van der Waals surface area contributed by atoms with Gasteiger partial charge in [0.25, 0.3) is 0 Å². The maximum absolute atomic E-state index is 14.0. The second-order valence-corrected chi connectivity index (χ2v) is 17.7. The highest BCUT2D eigenvalue weighted by Crippen LogP contribution is 2.21. The van der Waals surface area contributed by atoms with E-state index in [0.29, 0.717) is 12.8 Å². The number of hydrogen-bond donors (Lipinski definition) is 15. The van der Waals surface area contributed by atoms with Gasteiger partial charge in [-0.25, -0.2) is 4.79 Å². The van der Waals surface area contributed by atoms with Crippen molar-refractivity contribution in [3.8, 4) is 0 Å². The third-order valence-corrected chi connectivity index (χ3v) is 11.5. The van der Waals surface area contributed by atoms with E-state index in [2.05, 4.69) is 41.9 Å². The summed E-state index contributed by atoms with van der Waals surface area (Å²) >= 11 is 0. The van der Waals surface area contributed by atoms with Crippen LogP contribution in [0.4, 0.5) is 0 Å². The smallest absolute Gasteiger partial charge is 0.326 e. The number of nitrogens with zero attached hydrogens (tertiary/aromatic N) is 4. The first kappa shape index (κ1) is 60.2. The van der Waals surface area contributed by atoms with Crippen molar-refractivity contribution in [1.29, 1.82) is 0 Å². The highest BCUT2D eigenvalue weighted by Gasteiger charge is 2.41. The molecule has 0 aromatic rings. The summed E-state index contributed by atoms with van der Waals surface area (Å²) in [6.45, 7) is 3.34. The summed E-state index contributed by atoms with van der Waals surface area (Å²) < 4.78 is 0. The summed E-state index contributed by atoms with van der Waals surface area (Å²) in [6, 6.07) is -12.3. The van der Waals surface area contributed by atoms with E-state index >= 15 is 0 Å². The molecule has 9 atom stereocenters. The van der Waals surface area contributed by atoms with Crippen molar-refractivity contribution in [2.75, 3.05) is 39.4 Å². The molecule has 2 heterocycles. The standard InChI is InChI=1S/C42H73N15O14/c1-21(2)18-27(40(70)71)54-32(62)22(3)50-36(66)29-10-7-17-57(29)39(69)28(20-59)55-34(64)24(8-4-14-48-41(44)45)51-35(65)26(12-13-31(60)61)52-33(63)25(9-5-15-49-42(46)47)53-37(67)30-11-6-16-56(30)38(68)23(43)19-58/h21-30,58-59H,4-20,43H2,1-3H3,(H,50,66)(H,51,65)(H,52,63)(H,53,67)(H,54,62)(H,55,64)(H,60,61)(H,70,71)(H4,44,45,48)(H4,46,47,49)/t22-,23-,24-,25-,26-,27-,28-,29-,30-/m0/s1. The molecule has 0 saturated carbocycles. The molecular weight excluding hydrogens is 939 g/mol. The molecule has 0 spiro atoms. The Hall–Kier alpha value is -6.88. The predicted molar refractivity (Wildman–Crippen MR) is 253 cm³/mol. The van der Waals surface area contributed by atoms with E-state index in [4.69, 9.17) is 28.7 Å². The Morgan fingerprint density at radius 1 is 0.577 bits per heavy atom. The molecule has 0 unspecified atom stereocenters. The van der Waals surface area contributed by atoms with Crippen molar-refractivity contribution in [2.45, 2.75) is 146 Å². The van der Waals surface area contributed by atoms with Crippen LogP contribution >= 0.6 is 0 Å². The Balaban J connectivity index is 2.35. The summed E-state index contributed by atoms with van der Waals surface area (Å²) in [5.74, 6) is -10.2. The van der Waals surface area contributed by atoms with Gasteiger partial charge < -0.3 is 90.8 Å². The Labute approximate surface area is 410 Å². The van der Waals surface area contributed by atoms with Crippen molar-refractivity contribution in [3.63, 3.8) is 0 Å². The summed E-state index contributed by atoms with van der Waals surface area (Å²) in [5.41, 5.74) is 27.5. The van der Waals surface area contributed by atoms with Crippen LogP contribution in [0.5, 0.6) is 0 Å². The summed E-state index contributed by atoms with van der Waals surface area (Å²) in [4.78, 5) is 142. The van der Waals surface area contributed by atoms with Crippen molar-refractivity contribution >= 4 is 71.1 Å². The molecule has 0 aliphatic carbocycles. The highest BCUT2D eigenvalue weighted by molar-refractivity contribution is 5.98. The Bertz CT molecular complexity index is 1950. The maximum atomic E-state index is 14.0. The fourth-order valence-corrected chi connectivity index (χ4v) is 7.81. The Morgan fingerprint density at radius 3 is 1.45 bits per heavy atom. The van der Waals surface area contributed by atoms with Gasteiger partial charge in [0, 0.05) is 32.6 Å². The number of nitrogens with two attached hydrogens (primary N) is 5. The molecule has 29 nitrogen and oxygen atoms in total. The molecule has 0 aromatic heterocycles. The summed E-state index contributed by atoms with van der Waals surface area (Å²) in [6.07, 6.45) is -0.191. The molecule has 2 saturated heterocycles. The largest absolute Gasteiger partial charge is 0.481 e. The van der Waals surface area contributed by atoms with Gasteiger partial charge in [-0.15, -0.1) is 0 Å². The van der Waals surface area contributed by atoms with E-state index in [1.807, 2.05) is 0 Å². The number of aliphatic imine (C=N–C) groups is 2. The first-order chi connectivity index (χ1) is 33.4. The number of nitrogens with one attached hydrogen (secondary N) is 6. The molecule has 71 heavy (non-hydrogen) atoms. The fourth-order valence-electron chi connectivity index (χ4n) is 7.81. The zero-order chi connectivity index (χ0) is 53.5. The van der Waals surface area contributed by atoms with Gasteiger partial charge in [-0.1, -0.05) is 13.8 Å². The van der Waals surface area contributed by atoms with Crippen LogP contribution in [0.3, 0.4) is 0 Å². The van der Waals surface area contributed by atoms with Crippen molar-refractivity contribution < 1.29 is 68.4 Å². The quantitative estimate of drug-likeness (QED) is 0.0181. The van der Waals surface area contributed by atoms with Gasteiger partial charge in [0.1, 0.15) is 54.4 Å². The molecular formula is C42H73N15O14. The number of hydrogen-bond acceptors (Lipinski definition) is 15. The molecule has 2 fully saturated rings. The Kier molecular flexibility index (Phi) is 25.4. The molecule has 20 N–H and O–H groups in total. The van der Waals surface area contributed by atoms with Gasteiger partial charge in [-0.2, -0.15) is 0 Å². The van der Waals surface area contributed by atoms with Crippen LogP contribution in [0.25, 0.3) is 0 Å². The zero-order valence-electron chi connectivity index (χ0n) is 40.3. The molecule has 400 valence electrons. The molecule has 2 rings (SSSR count). The van der Waals surface area contributed by atoms with Gasteiger partial charge in [0.05, 0.1) is 13.2 Å². The van der Waals surface area contributed by atoms with Crippen LogP contribution in [-0.2, 0) is 47.9 Å². The number of carboxylic acids is 2. The van der Waals surface area contributed by atoms with Crippen molar-refractivity contribution in [2.24, 2.45) is 44.6 Å². The van der Waals surface area contributed by atoms with Crippen LogP contribution in [0.1, 0.15) is 91.4 Å². The normalized spacial score (nSPS) is 18.3. The van der Waals surface area contributed by atoms with Crippen LogP contribution in [0.2, 0.25) is 0 Å². The van der Waals surface area contributed by atoms with Crippen LogP contribution in [0, 0.1) is 5.92 Å². The van der Waals surface area contributed by atoms with Gasteiger partial charge >= 0.3 is 11.9 Å². The summed E-state index contributed by atoms with van der Waals surface area (Å²) in [7, 11) is 0. The fraction of sp³-hybridized carbons (Fsp3) is 0.714. The number of aliphatic carboxylic acids is 2. The molecule has 8 amide bonds. The number of amides is 8. The minimum atomic E-state index is -1.68. The first-order valence-electron chi connectivity index (χ1n) is 23.4. The van der Waals surface area contributed by atoms with E-state index in [1.54, 1.807) is 13.8 Å². The van der Waals surface area contributed by atoms with E-state index in [-0.39, 0.29) is 89.0 Å². The first-order valence-corrected chi connectivity index (χ1v) is 23.4. The lowest BCUT2D eigenvalue weighted by Gasteiger charge is -2.30. The topological polar surface area (TPSA) is 485 Å². The van der Waals surface area contributed by atoms with Crippen molar-refractivity contribution in [1.82, 2.24) is 41.7 Å². The molecule has 29 heteroatoms. The second-order valence-electron chi connectivity index (χ2n) is 17.7. The van der Waals surface area contributed by atoms with Gasteiger partial charge in [-0.05, 0) is 77.0 Å². The number of guanidine groups is 2. The number of aliphatic hydroxyl groups is 2. The van der Waals surface area contributed by atoms with E-state index in [9.17, 15) is 68.4 Å². The molecule has 0 bridgehead atoms. The predicted octanol–water partition coefficient (Wildman–Crippen LogP) is -6.69. The number of carboxylic acid groups (broad SMARTS) is 2. The van der Waals surface area contributed by atoms with Crippen LogP contribution in [-0.4, -0.2) is 195 Å². The zero-order valence-corrected chi connectivity index (χ0v) is 40.3.